The topological polar surface area (TPSA) is 95.5 Å². The lowest BCUT2D eigenvalue weighted by Crippen LogP contribution is -2.07. The molecule has 0 aliphatic carbocycles. The third-order valence-electron chi connectivity index (χ3n) is 3.55. The first kappa shape index (κ1) is 18.1. The van der Waals surface area contributed by atoms with E-state index in [4.69, 9.17) is 9.47 Å². The van der Waals surface area contributed by atoms with Gasteiger partial charge >= 0.3 is 18.0 Å². The first-order chi connectivity index (χ1) is 13.2. The second-order valence-corrected chi connectivity index (χ2v) is 5.39. The van der Waals surface area contributed by atoms with Crippen LogP contribution in [0, 0.1) is 0 Å². The molecule has 0 spiro atoms. The van der Waals surface area contributed by atoms with Gasteiger partial charge in [-0.05, 0) is 29.8 Å². The summed E-state index contributed by atoms with van der Waals surface area (Å²) in [6, 6.07) is 16.5. The molecule has 0 atom stereocenters. The molecule has 1 N–H and O–H groups in total. The van der Waals surface area contributed by atoms with Crippen molar-refractivity contribution in [3.63, 3.8) is 0 Å². The number of nitrogens with one attached hydrogen (secondary N) is 1. The summed E-state index contributed by atoms with van der Waals surface area (Å²) >= 11 is 0. The second kappa shape index (κ2) is 8.61. The molecule has 8 nitrogen and oxygen atoms in total. The monoisotopic (exact) mass is 366 g/mol. The first-order valence-corrected chi connectivity index (χ1v) is 8.12. The quantitative estimate of drug-likeness (QED) is 0.638. The Morgan fingerprint density at radius 2 is 1.63 bits per heavy atom. The standard InChI is InChI=1S/C19H18N4O4/c1-25-16(24)14-8-10-15(11-9-14)27-19-22-17(21-18(23-19)26-2)20-12-13-6-4-3-5-7-13/h3-11H,12H2,1-2H3,(H,20,21,22,23). The summed E-state index contributed by atoms with van der Waals surface area (Å²) in [5, 5.41) is 3.11. The smallest absolute Gasteiger partial charge is 0.337 e. The number of benzene rings is 2. The highest BCUT2D eigenvalue weighted by Crippen LogP contribution is 2.21. The molecule has 1 aromatic heterocycles. The molecule has 0 unspecified atom stereocenters. The molecule has 138 valence electrons. The van der Waals surface area contributed by atoms with Crippen LogP contribution in [0.5, 0.6) is 17.8 Å². The molecule has 0 amide bonds. The summed E-state index contributed by atoms with van der Waals surface area (Å²) in [4.78, 5) is 24.0. The fourth-order valence-electron chi connectivity index (χ4n) is 2.21. The number of aromatic nitrogens is 3. The highest BCUT2D eigenvalue weighted by molar-refractivity contribution is 5.89. The molecule has 0 aliphatic rings. The molecule has 0 aliphatic heterocycles. The van der Waals surface area contributed by atoms with Gasteiger partial charge in [0.25, 0.3) is 0 Å². The van der Waals surface area contributed by atoms with Crippen LogP contribution in [0.3, 0.4) is 0 Å². The summed E-state index contributed by atoms with van der Waals surface area (Å²) in [7, 11) is 2.79. The van der Waals surface area contributed by atoms with Crippen molar-refractivity contribution < 1.29 is 19.0 Å². The van der Waals surface area contributed by atoms with Crippen molar-refractivity contribution >= 4 is 11.9 Å². The summed E-state index contributed by atoms with van der Waals surface area (Å²) < 4.78 is 15.4. The van der Waals surface area contributed by atoms with E-state index < -0.39 is 5.97 Å². The molecule has 0 bridgehead atoms. The normalized spacial score (nSPS) is 10.1. The van der Waals surface area contributed by atoms with Crippen LogP contribution in [0.25, 0.3) is 0 Å². The predicted octanol–water partition coefficient (Wildman–Crippen LogP) is 3.07. The number of carbonyl (C=O) groups excluding carboxylic acids is 1. The van der Waals surface area contributed by atoms with E-state index in [9.17, 15) is 4.79 Å². The van der Waals surface area contributed by atoms with E-state index in [1.54, 1.807) is 24.3 Å². The first-order valence-electron chi connectivity index (χ1n) is 8.12. The molecule has 0 saturated carbocycles. The van der Waals surface area contributed by atoms with Crippen LogP contribution in [0.4, 0.5) is 5.95 Å². The minimum Gasteiger partial charge on any atom is -0.467 e. The van der Waals surface area contributed by atoms with Gasteiger partial charge < -0.3 is 19.5 Å². The predicted molar refractivity (Wildman–Crippen MR) is 98.0 cm³/mol. The van der Waals surface area contributed by atoms with Crippen LogP contribution in [-0.4, -0.2) is 35.1 Å². The Morgan fingerprint density at radius 1 is 0.926 bits per heavy atom. The van der Waals surface area contributed by atoms with Crippen molar-refractivity contribution in [2.45, 2.75) is 6.54 Å². The highest BCUT2D eigenvalue weighted by Gasteiger charge is 2.10. The van der Waals surface area contributed by atoms with E-state index in [0.717, 1.165) is 5.56 Å². The Hall–Kier alpha value is -3.68. The maximum absolute atomic E-state index is 11.5. The third kappa shape index (κ3) is 4.91. The molecule has 0 fully saturated rings. The second-order valence-electron chi connectivity index (χ2n) is 5.39. The van der Waals surface area contributed by atoms with Gasteiger partial charge in [0.2, 0.25) is 5.95 Å². The van der Waals surface area contributed by atoms with E-state index in [-0.39, 0.29) is 12.0 Å². The van der Waals surface area contributed by atoms with Gasteiger partial charge in [-0.25, -0.2) is 4.79 Å². The summed E-state index contributed by atoms with van der Waals surface area (Å²) in [5.41, 5.74) is 1.50. The van der Waals surface area contributed by atoms with Crippen LogP contribution >= 0.6 is 0 Å². The molecule has 3 aromatic rings. The van der Waals surface area contributed by atoms with Crippen molar-refractivity contribution in [3.8, 4) is 17.8 Å². The third-order valence-corrected chi connectivity index (χ3v) is 3.55. The van der Waals surface area contributed by atoms with Gasteiger partial charge in [-0.3, -0.25) is 0 Å². The minimum absolute atomic E-state index is 0.0724. The van der Waals surface area contributed by atoms with Crippen molar-refractivity contribution in [1.82, 2.24) is 15.0 Å². The van der Waals surface area contributed by atoms with Gasteiger partial charge in [0, 0.05) is 6.54 Å². The summed E-state index contributed by atoms with van der Waals surface area (Å²) in [6.07, 6.45) is 0. The number of nitrogens with zero attached hydrogens (tertiary/aromatic N) is 3. The van der Waals surface area contributed by atoms with Crippen LogP contribution in [0.15, 0.2) is 54.6 Å². The zero-order valence-electron chi connectivity index (χ0n) is 14.9. The SMILES string of the molecule is COC(=O)c1ccc(Oc2nc(NCc3ccccc3)nc(OC)n2)cc1. The maximum atomic E-state index is 11.5. The fourth-order valence-corrected chi connectivity index (χ4v) is 2.21. The minimum atomic E-state index is -0.421. The zero-order chi connectivity index (χ0) is 19.1. The number of esters is 1. The van der Waals surface area contributed by atoms with E-state index in [2.05, 4.69) is 25.0 Å². The lowest BCUT2D eigenvalue weighted by atomic mass is 10.2. The number of hydrogen-bond acceptors (Lipinski definition) is 8. The highest BCUT2D eigenvalue weighted by atomic mass is 16.5. The van der Waals surface area contributed by atoms with Crippen LogP contribution in [0.1, 0.15) is 15.9 Å². The number of ether oxygens (including phenoxy) is 3. The summed E-state index contributed by atoms with van der Waals surface area (Å²) in [5.74, 6) is 0.368. The zero-order valence-corrected chi connectivity index (χ0v) is 14.9. The number of methoxy groups -OCH3 is 2. The number of anilines is 1. The Kier molecular flexibility index (Phi) is 5.78. The van der Waals surface area contributed by atoms with Crippen molar-refractivity contribution in [2.75, 3.05) is 19.5 Å². The number of hydrogen-bond donors (Lipinski definition) is 1. The lowest BCUT2D eigenvalue weighted by Gasteiger charge is -2.09. The van der Waals surface area contributed by atoms with Crippen molar-refractivity contribution in [2.24, 2.45) is 0 Å². The molecule has 3 rings (SSSR count). The molecular weight excluding hydrogens is 348 g/mol. The molecule has 0 saturated heterocycles. The molecule has 27 heavy (non-hydrogen) atoms. The Morgan fingerprint density at radius 3 is 2.30 bits per heavy atom. The fraction of sp³-hybridized carbons (Fsp3) is 0.158. The number of carbonyl (C=O) groups is 1. The van der Waals surface area contributed by atoms with Gasteiger partial charge in [0.15, 0.2) is 0 Å². The molecule has 8 heteroatoms. The Balaban J connectivity index is 1.73. The maximum Gasteiger partial charge on any atom is 0.337 e. The van der Waals surface area contributed by atoms with Gasteiger partial charge in [0.05, 0.1) is 19.8 Å². The van der Waals surface area contributed by atoms with E-state index >= 15 is 0 Å². The van der Waals surface area contributed by atoms with E-state index in [1.165, 1.54) is 14.2 Å². The lowest BCUT2D eigenvalue weighted by molar-refractivity contribution is 0.0600. The largest absolute Gasteiger partial charge is 0.467 e. The van der Waals surface area contributed by atoms with Crippen LogP contribution in [-0.2, 0) is 11.3 Å². The van der Waals surface area contributed by atoms with Crippen molar-refractivity contribution in [3.05, 3.63) is 65.7 Å². The van der Waals surface area contributed by atoms with Gasteiger partial charge in [-0.15, -0.1) is 4.98 Å². The van der Waals surface area contributed by atoms with Crippen LogP contribution in [0.2, 0.25) is 0 Å². The van der Waals surface area contributed by atoms with Crippen LogP contribution < -0.4 is 14.8 Å². The average molecular weight is 366 g/mol. The van der Waals surface area contributed by atoms with E-state index in [1.807, 2.05) is 30.3 Å². The van der Waals surface area contributed by atoms with Gasteiger partial charge in [-0.2, -0.15) is 9.97 Å². The van der Waals surface area contributed by atoms with Gasteiger partial charge in [-0.1, -0.05) is 30.3 Å². The van der Waals surface area contributed by atoms with Crippen molar-refractivity contribution in [1.29, 1.82) is 0 Å². The summed E-state index contributed by atoms with van der Waals surface area (Å²) in [6.45, 7) is 0.543. The molecule has 0 radical (unpaired) electrons. The molecule has 2 aromatic carbocycles. The Bertz CT molecular complexity index is 901. The van der Waals surface area contributed by atoms with E-state index in [0.29, 0.717) is 23.8 Å². The Labute approximate surface area is 156 Å². The molecular formula is C19H18N4O4. The number of rotatable bonds is 7. The molecule has 1 heterocycles. The average Bonchev–Trinajstić information content (AvgIpc) is 2.73. The van der Waals surface area contributed by atoms with Gasteiger partial charge in [0.1, 0.15) is 5.75 Å².